The van der Waals surface area contributed by atoms with E-state index in [-0.39, 0.29) is 6.42 Å². The van der Waals surface area contributed by atoms with Gasteiger partial charge >= 0.3 is 12.1 Å². The van der Waals surface area contributed by atoms with Gasteiger partial charge in [-0.15, -0.1) is 0 Å². The Labute approximate surface area is 89.8 Å². The molecule has 0 aliphatic carbocycles. The molecule has 0 heterocycles. The molecule has 0 spiro atoms. The van der Waals surface area contributed by atoms with E-state index in [9.17, 15) is 18.0 Å². The van der Waals surface area contributed by atoms with E-state index in [4.69, 9.17) is 5.11 Å². The summed E-state index contributed by atoms with van der Waals surface area (Å²) in [5, 5.41) is 8.51. The molecule has 0 rings (SSSR count). The van der Waals surface area contributed by atoms with Crippen molar-refractivity contribution in [2.75, 3.05) is 0 Å². The summed E-state index contributed by atoms with van der Waals surface area (Å²) in [6, 6.07) is 0. The maximum Gasteiger partial charge on any atom is 0.394 e. The van der Waals surface area contributed by atoms with Crippen LogP contribution >= 0.6 is 31.9 Å². The van der Waals surface area contributed by atoms with Crippen LogP contribution in [0, 0.1) is 5.92 Å². The quantitative estimate of drug-likeness (QED) is 0.808. The molecule has 0 fully saturated rings. The van der Waals surface area contributed by atoms with Gasteiger partial charge in [0, 0.05) is 0 Å². The summed E-state index contributed by atoms with van der Waals surface area (Å²) in [4.78, 5) is 10.5. The molecule has 0 saturated carbocycles. The Morgan fingerprint density at radius 2 is 1.85 bits per heavy atom. The van der Waals surface area contributed by atoms with Gasteiger partial charge in [0.2, 0.25) is 0 Å². The molecule has 1 unspecified atom stereocenters. The van der Waals surface area contributed by atoms with Crippen molar-refractivity contribution < 1.29 is 23.1 Å². The number of aliphatic carboxylic acids is 1. The van der Waals surface area contributed by atoms with Crippen molar-refractivity contribution in [1.82, 2.24) is 0 Å². The Morgan fingerprint density at radius 3 is 1.92 bits per heavy atom. The first-order valence-electron chi connectivity index (χ1n) is 3.32. The third-order valence-electron chi connectivity index (χ3n) is 1.53. The predicted molar refractivity (Wildman–Crippen MR) is 48.1 cm³/mol. The number of rotatable bonds is 3. The Hall–Kier alpha value is 0.220. The fraction of sp³-hybridized carbons (Fsp3) is 0.833. The van der Waals surface area contributed by atoms with E-state index in [1.165, 1.54) is 6.92 Å². The second-order valence-corrected chi connectivity index (χ2v) is 6.00. The van der Waals surface area contributed by atoms with E-state index in [0.29, 0.717) is 0 Å². The molecule has 0 aromatic heterocycles. The lowest BCUT2D eigenvalue weighted by molar-refractivity contribution is -0.183. The molecule has 78 valence electrons. The molecule has 2 nitrogen and oxygen atoms in total. The molecule has 0 aromatic carbocycles. The summed E-state index contributed by atoms with van der Waals surface area (Å²) in [7, 11) is 0. The zero-order valence-corrected chi connectivity index (χ0v) is 9.70. The third kappa shape index (κ3) is 3.12. The highest BCUT2D eigenvalue weighted by Gasteiger charge is 2.54. The van der Waals surface area contributed by atoms with Gasteiger partial charge in [0.1, 0.15) is 0 Å². The van der Waals surface area contributed by atoms with Gasteiger partial charge in [-0.1, -0.05) is 38.8 Å². The van der Waals surface area contributed by atoms with Crippen molar-refractivity contribution in [2.45, 2.75) is 22.8 Å². The van der Waals surface area contributed by atoms with Crippen LogP contribution in [0.25, 0.3) is 0 Å². The van der Waals surface area contributed by atoms with Gasteiger partial charge < -0.3 is 5.11 Å². The molecular formula is C6H7Br2F3O2. The standard InChI is InChI=1S/C6H7Br2F3O2/c1-2-3(6(9,10)11)5(7,8)4(12)13/h3H,2H2,1H3,(H,12,13). The van der Waals surface area contributed by atoms with Crippen LogP contribution in [0.4, 0.5) is 13.2 Å². The Morgan fingerprint density at radius 1 is 1.46 bits per heavy atom. The highest BCUT2D eigenvalue weighted by Crippen LogP contribution is 2.45. The molecule has 0 aliphatic rings. The Balaban J connectivity index is 4.88. The zero-order chi connectivity index (χ0) is 10.9. The van der Waals surface area contributed by atoms with Crippen LogP contribution in [0.2, 0.25) is 0 Å². The van der Waals surface area contributed by atoms with Crippen LogP contribution in [0.3, 0.4) is 0 Å². The van der Waals surface area contributed by atoms with Crippen molar-refractivity contribution in [3.8, 4) is 0 Å². The average Bonchev–Trinajstić information content (AvgIpc) is 1.83. The first kappa shape index (κ1) is 13.2. The molecule has 1 atom stereocenters. The topological polar surface area (TPSA) is 37.3 Å². The van der Waals surface area contributed by atoms with Crippen molar-refractivity contribution >= 4 is 37.8 Å². The first-order chi connectivity index (χ1) is 5.64. The van der Waals surface area contributed by atoms with Gasteiger partial charge in [0.25, 0.3) is 0 Å². The number of carbonyl (C=O) groups is 1. The van der Waals surface area contributed by atoms with E-state index in [0.717, 1.165) is 0 Å². The minimum Gasteiger partial charge on any atom is -0.480 e. The van der Waals surface area contributed by atoms with Gasteiger partial charge in [-0.05, 0) is 6.42 Å². The summed E-state index contributed by atoms with van der Waals surface area (Å²) in [6.45, 7) is 1.28. The Kier molecular flexibility index (Phi) is 4.23. The lowest BCUT2D eigenvalue weighted by Crippen LogP contribution is -2.42. The first-order valence-corrected chi connectivity index (χ1v) is 4.90. The Bertz CT molecular complexity index is 203. The number of hydrogen-bond acceptors (Lipinski definition) is 1. The second-order valence-electron chi connectivity index (χ2n) is 2.43. The smallest absolute Gasteiger partial charge is 0.394 e. The van der Waals surface area contributed by atoms with Crippen LogP contribution in [0.15, 0.2) is 0 Å². The van der Waals surface area contributed by atoms with Crippen LogP contribution in [-0.4, -0.2) is 20.5 Å². The molecule has 0 aromatic rings. The highest BCUT2D eigenvalue weighted by atomic mass is 79.9. The molecule has 0 aliphatic heterocycles. The van der Waals surface area contributed by atoms with Gasteiger partial charge in [-0.3, -0.25) is 0 Å². The van der Waals surface area contributed by atoms with Gasteiger partial charge in [0.05, 0.1) is 5.92 Å². The number of carboxylic acid groups (broad SMARTS) is 1. The molecule has 7 heteroatoms. The minimum atomic E-state index is -4.54. The van der Waals surface area contributed by atoms with E-state index in [1.54, 1.807) is 0 Å². The van der Waals surface area contributed by atoms with Crippen LogP contribution < -0.4 is 0 Å². The predicted octanol–water partition coefficient (Wildman–Crippen LogP) is 3.15. The molecule has 0 radical (unpaired) electrons. The second kappa shape index (κ2) is 4.16. The zero-order valence-electron chi connectivity index (χ0n) is 6.53. The summed E-state index contributed by atoms with van der Waals surface area (Å²) in [6.07, 6.45) is -4.85. The fourth-order valence-corrected chi connectivity index (χ4v) is 2.01. The van der Waals surface area contributed by atoms with Gasteiger partial charge in [-0.2, -0.15) is 13.2 Å². The van der Waals surface area contributed by atoms with Crippen molar-refractivity contribution in [3.63, 3.8) is 0 Å². The molecule has 0 bridgehead atoms. The third-order valence-corrected chi connectivity index (χ3v) is 3.31. The lowest BCUT2D eigenvalue weighted by Gasteiger charge is -2.27. The van der Waals surface area contributed by atoms with Crippen molar-refractivity contribution in [2.24, 2.45) is 5.92 Å². The van der Waals surface area contributed by atoms with Crippen LogP contribution in [0.5, 0.6) is 0 Å². The van der Waals surface area contributed by atoms with E-state index in [2.05, 4.69) is 31.9 Å². The molecule has 13 heavy (non-hydrogen) atoms. The van der Waals surface area contributed by atoms with E-state index in [1.807, 2.05) is 0 Å². The average molecular weight is 328 g/mol. The van der Waals surface area contributed by atoms with Crippen LogP contribution in [-0.2, 0) is 4.79 Å². The van der Waals surface area contributed by atoms with E-state index < -0.39 is 21.3 Å². The summed E-state index contributed by atoms with van der Waals surface area (Å²) in [5.74, 6) is -3.55. The molecule has 1 N–H and O–H groups in total. The minimum absolute atomic E-state index is 0.313. The van der Waals surface area contributed by atoms with Crippen molar-refractivity contribution in [1.29, 1.82) is 0 Å². The maximum absolute atomic E-state index is 12.3. The summed E-state index contributed by atoms with van der Waals surface area (Å²) >= 11 is 5.01. The summed E-state index contributed by atoms with van der Waals surface area (Å²) in [5.41, 5.74) is 0. The molecule has 0 amide bonds. The lowest BCUT2D eigenvalue weighted by atomic mass is 10.0. The SMILES string of the molecule is CCC(C(F)(F)F)C(Br)(Br)C(=O)O. The highest BCUT2D eigenvalue weighted by molar-refractivity contribution is 9.25. The maximum atomic E-state index is 12.3. The number of carboxylic acids is 1. The number of alkyl halides is 5. The fourth-order valence-electron chi connectivity index (χ4n) is 0.842. The largest absolute Gasteiger partial charge is 0.480 e. The van der Waals surface area contributed by atoms with Crippen LogP contribution in [0.1, 0.15) is 13.3 Å². The number of halogens is 5. The number of hydrogen-bond donors (Lipinski definition) is 1. The normalized spacial score (nSPS) is 15.5. The van der Waals surface area contributed by atoms with Crippen molar-refractivity contribution in [3.05, 3.63) is 0 Å². The van der Waals surface area contributed by atoms with Gasteiger partial charge in [-0.25, -0.2) is 4.79 Å². The van der Waals surface area contributed by atoms with E-state index >= 15 is 0 Å². The molecule has 0 saturated heterocycles. The molecular weight excluding hydrogens is 321 g/mol. The summed E-state index contributed by atoms with van der Waals surface area (Å²) < 4.78 is 34.6. The van der Waals surface area contributed by atoms with Gasteiger partial charge in [0.15, 0.2) is 3.23 Å². The monoisotopic (exact) mass is 326 g/mol.